The van der Waals surface area contributed by atoms with Crippen molar-refractivity contribution in [2.75, 3.05) is 20.3 Å². The van der Waals surface area contributed by atoms with Gasteiger partial charge in [0.15, 0.2) is 11.5 Å². The third-order valence-electron chi connectivity index (χ3n) is 4.35. The second kappa shape index (κ2) is 14.0. The Morgan fingerprint density at radius 3 is 1.69 bits per heavy atom. The molecule has 1 aromatic rings. The van der Waals surface area contributed by atoms with Crippen LogP contribution < -0.4 is 9.47 Å². The van der Waals surface area contributed by atoms with E-state index in [1.807, 2.05) is 12.1 Å². The van der Waals surface area contributed by atoms with E-state index in [1.54, 1.807) is 12.1 Å². The highest BCUT2D eigenvalue weighted by atomic mass is 16.5. The smallest absolute Gasteiger partial charge is 0.162 e. The van der Waals surface area contributed by atoms with Gasteiger partial charge in [-0.25, -0.2) is 0 Å². The molecule has 0 aliphatic heterocycles. The zero-order valence-corrected chi connectivity index (χ0v) is 15.8. The molecule has 0 aliphatic carbocycles. The minimum Gasteiger partial charge on any atom is -0.493 e. The number of rotatable bonds is 14. The van der Waals surface area contributed by atoms with Crippen LogP contribution >= 0.6 is 0 Å². The second-order valence-corrected chi connectivity index (χ2v) is 6.38. The molecule has 0 fully saturated rings. The van der Waals surface area contributed by atoms with Crippen LogP contribution in [-0.4, -0.2) is 25.4 Å². The maximum absolute atomic E-state index is 9.10. The zero-order valence-electron chi connectivity index (χ0n) is 15.8. The first-order chi connectivity index (χ1) is 12.8. The summed E-state index contributed by atoms with van der Waals surface area (Å²) in [5.74, 6) is 1.01. The molecule has 0 radical (unpaired) electrons. The number of methoxy groups -OCH3 is 1. The first kappa shape index (κ1) is 21.8. The Morgan fingerprint density at radius 1 is 0.769 bits per heavy atom. The molecule has 0 aromatic heterocycles. The molecule has 0 saturated heterocycles. The number of hydrogen-bond acceptors (Lipinski definition) is 5. The molecule has 0 heterocycles. The Balaban J connectivity index is 2.18. The highest BCUT2D eigenvalue weighted by Crippen LogP contribution is 2.30. The van der Waals surface area contributed by atoms with Gasteiger partial charge in [0.1, 0.15) is 12.1 Å². The summed E-state index contributed by atoms with van der Waals surface area (Å²) in [6.07, 6.45) is 11.6. The number of ether oxygens (including phenoxy) is 2. The summed E-state index contributed by atoms with van der Waals surface area (Å²) >= 11 is 0. The molecule has 0 unspecified atom stereocenters. The van der Waals surface area contributed by atoms with E-state index in [1.165, 1.54) is 45.6 Å². The first-order valence-electron chi connectivity index (χ1n) is 9.52. The Hall–Kier alpha value is -2.24. The Bertz CT molecular complexity index is 602. The number of nitrogens with zero attached hydrogens (tertiary/aromatic N) is 2. The number of aliphatic hydroxyl groups is 1. The third-order valence-corrected chi connectivity index (χ3v) is 4.35. The van der Waals surface area contributed by atoms with Crippen molar-refractivity contribution in [3.05, 3.63) is 23.3 Å². The maximum Gasteiger partial charge on any atom is 0.162 e. The van der Waals surface area contributed by atoms with Gasteiger partial charge in [-0.3, -0.25) is 0 Å². The quantitative estimate of drug-likeness (QED) is 0.487. The lowest BCUT2D eigenvalue weighted by Crippen LogP contribution is -2.01. The maximum atomic E-state index is 9.10. The summed E-state index contributed by atoms with van der Waals surface area (Å²) in [5.41, 5.74) is 0.607. The number of nitriles is 2. The van der Waals surface area contributed by atoms with Crippen LogP contribution in [0.4, 0.5) is 0 Å². The molecule has 0 atom stereocenters. The highest BCUT2D eigenvalue weighted by molar-refractivity contribution is 5.55. The normalized spacial score (nSPS) is 10.2. The Morgan fingerprint density at radius 2 is 1.23 bits per heavy atom. The van der Waals surface area contributed by atoms with Crippen molar-refractivity contribution >= 4 is 0 Å². The molecule has 142 valence electrons. The predicted molar refractivity (Wildman–Crippen MR) is 101 cm³/mol. The zero-order chi connectivity index (χ0) is 19.0. The van der Waals surface area contributed by atoms with Crippen LogP contribution in [0.2, 0.25) is 0 Å². The van der Waals surface area contributed by atoms with Crippen LogP contribution in [0.1, 0.15) is 75.3 Å². The Kier molecular flexibility index (Phi) is 11.7. The standard InChI is InChI=1S/C21H30N2O3/c1-25-20-14-18(16-22)19(17-23)15-21(20)26-13-11-9-7-5-3-2-4-6-8-10-12-24/h14-15,24H,2-13H2,1H3. The topological polar surface area (TPSA) is 86.3 Å². The largest absolute Gasteiger partial charge is 0.493 e. The van der Waals surface area contributed by atoms with Gasteiger partial charge in [0.25, 0.3) is 0 Å². The van der Waals surface area contributed by atoms with Crippen molar-refractivity contribution in [1.29, 1.82) is 10.5 Å². The van der Waals surface area contributed by atoms with Crippen molar-refractivity contribution < 1.29 is 14.6 Å². The second-order valence-electron chi connectivity index (χ2n) is 6.38. The van der Waals surface area contributed by atoms with Crippen LogP contribution in [0.15, 0.2) is 12.1 Å². The number of benzene rings is 1. The minimum absolute atomic E-state index is 0.299. The van der Waals surface area contributed by atoms with E-state index >= 15 is 0 Å². The van der Waals surface area contributed by atoms with Crippen LogP contribution in [-0.2, 0) is 0 Å². The molecule has 1 rings (SSSR count). The van der Waals surface area contributed by atoms with Crippen molar-refractivity contribution in [2.24, 2.45) is 0 Å². The molecule has 0 saturated carbocycles. The van der Waals surface area contributed by atoms with Gasteiger partial charge in [-0.05, 0) is 12.8 Å². The van der Waals surface area contributed by atoms with E-state index in [0.717, 1.165) is 25.7 Å². The molecule has 1 N–H and O–H groups in total. The van der Waals surface area contributed by atoms with Gasteiger partial charge in [0.2, 0.25) is 0 Å². The first-order valence-corrected chi connectivity index (χ1v) is 9.52. The molecule has 0 bridgehead atoms. The average molecular weight is 358 g/mol. The molecular weight excluding hydrogens is 328 g/mol. The average Bonchev–Trinajstić information content (AvgIpc) is 2.68. The highest BCUT2D eigenvalue weighted by Gasteiger charge is 2.11. The van der Waals surface area contributed by atoms with E-state index in [4.69, 9.17) is 25.1 Å². The summed E-state index contributed by atoms with van der Waals surface area (Å²) in [4.78, 5) is 0. The fourth-order valence-electron chi connectivity index (χ4n) is 2.83. The lowest BCUT2D eigenvalue weighted by atomic mass is 10.1. The fourth-order valence-corrected chi connectivity index (χ4v) is 2.83. The van der Waals surface area contributed by atoms with Gasteiger partial charge < -0.3 is 14.6 Å². The van der Waals surface area contributed by atoms with Gasteiger partial charge >= 0.3 is 0 Å². The summed E-state index contributed by atoms with van der Waals surface area (Å²) in [7, 11) is 1.53. The summed E-state index contributed by atoms with van der Waals surface area (Å²) in [5, 5.41) is 26.9. The number of aliphatic hydroxyl groups excluding tert-OH is 1. The van der Waals surface area contributed by atoms with Crippen LogP contribution in [0.25, 0.3) is 0 Å². The van der Waals surface area contributed by atoms with Crippen LogP contribution in [0.3, 0.4) is 0 Å². The molecule has 0 spiro atoms. The van der Waals surface area contributed by atoms with E-state index in [0.29, 0.717) is 35.8 Å². The summed E-state index contributed by atoms with van der Waals surface area (Å²) in [6, 6.07) is 7.14. The number of unbranched alkanes of at least 4 members (excludes halogenated alkanes) is 9. The molecule has 5 heteroatoms. The van der Waals surface area contributed by atoms with Gasteiger partial charge in [-0.1, -0.05) is 51.4 Å². The predicted octanol–water partition coefficient (Wildman–Crippen LogP) is 4.71. The lowest BCUT2D eigenvalue weighted by molar-refractivity contribution is 0.282. The van der Waals surface area contributed by atoms with Gasteiger partial charge in [-0.15, -0.1) is 0 Å². The molecule has 0 amide bonds. The van der Waals surface area contributed by atoms with Crippen molar-refractivity contribution in [2.45, 2.75) is 64.2 Å². The van der Waals surface area contributed by atoms with Crippen molar-refractivity contribution in [3.8, 4) is 23.6 Å². The molecular formula is C21H30N2O3. The summed E-state index contributed by atoms with van der Waals surface area (Å²) in [6.45, 7) is 0.891. The molecule has 1 aromatic carbocycles. The van der Waals surface area contributed by atoms with Crippen molar-refractivity contribution in [3.63, 3.8) is 0 Å². The summed E-state index contributed by atoms with van der Waals surface area (Å²) < 4.78 is 11.0. The van der Waals surface area contributed by atoms with Gasteiger partial charge in [0, 0.05) is 18.7 Å². The molecule has 26 heavy (non-hydrogen) atoms. The van der Waals surface area contributed by atoms with Crippen LogP contribution in [0, 0.1) is 22.7 Å². The minimum atomic E-state index is 0.299. The lowest BCUT2D eigenvalue weighted by Gasteiger charge is -2.11. The SMILES string of the molecule is COc1cc(C#N)c(C#N)cc1OCCCCCCCCCCCCO. The third kappa shape index (κ3) is 8.23. The van der Waals surface area contributed by atoms with Crippen molar-refractivity contribution in [1.82, 2.24) is 0 Å². The van der Waals surface area contributed by atoms with Gasteiger partial charge in [0.05, 0.1) is 24.8 Å². The monoisotopic (exact) mass is 358 g/mol. The Labute approximate surface area is 157 Å². The van der Waals surface area contributed by atoms with E-state index in [2.05, 4.69) is 0 Å². The van der Waals surface area contributed by atoms with Crippen LogP contribution in [0.5, 0.6) is 11.5 Å². The van der Waals surface area contributed by atoms with E-state index < -0.39 is 0 Å². The van der Waals surface area contributed by atoms with E-state index in [9.17, 15) is 0 Å². The molecule has 5 nitrogen and oxygen atoms in total. The number of hydrogen-bond donors (Lipinski definition) is 1. The van der Waals surface area contributed by atoms with E-state index in [-0.39, 0.29) is 0 Å². The molecule has 0 aliphatic rings. The van der Waals surface area contributed by atoms with Gasteiger partial charge in [-0.2, -0.15) is 10.5 Å². The fraction of sp³-hybridized carbons (Fsp3) is 0.619.